The number of ether oxygens (including phenoxy) is 1. The summed E-state index contributed by atoms with van der Waals surface area (Å²) in [5, 5.41) is 4.46. The van der Waals surface area contributed by atoms with Gasteiger partial charge in [0, 0.05) is 30.6 Å². The first-order valence-electron chi connectivity index (χ1n) is 8.00. The number of benzene rings is 1. The van der Waals surface area contributed by atoms with E-state index in [1.165, 1.54) is 13.2 Å². The van der Waals surface area contributed by atoms with E-state index in [2.05, 4.69) is 15.4 Å². The molecule has 2 amide bonds. The molecule has 1 aromatic carbocycles. The molecular formula is C18H20F2N2O5. The van der Waals surface area contributed by atoms with Crippen LogP contribution in [0.3, 0.4) is 0 Å². The fraction of sp³-hybridized carbons (Fsp3) is 0.333. The number of hydrogen-bond donors (Lipinski definition) is 2. The summed E-state index contributed by atoms with van der Waals surface area (Å²) in [5.41, 5.74) is -0.00930. The molecule has 7 nitrogen and oxygen atoms in total. The molecular weight excluding hydrogens is 362 g/mol. The second kappa shape index (κ2) is 10.1. The van der Waals surface area contributed by atoms with E-state index in [1.54, 1.807) is 13.8 Å². The summed E-state index contributed by atoms with van der Waals surface area (Å²) in [6.45, 7) is 2.77. The van der Waals surface area contributed by atoms with Crippen molar-refractivity contribution in [3.05, 3.63) is 47.0 Å². The molecule has 0 fully saturated rings. The number of ketones is 1. The number of halogens is 2. The molecule has 0 saturated carbocycles. The molecule has 0 atom stereocenters. The zero-order valence-corrected chi connectivity index (χ0v) is 15.1. The van der Waals surface area contributed by atoms with Crippen LogP contribution in [0, 0.1) is 17.6 Å². The quantitative estimate of drug-likeness (QED) is 0.320. The van der Waals surface area contributed by atoms with Crippen LogP contribution in [0.15, 0.2) is 24.3 Å². The van der Waals surface area contributed by atoms with Crippen molar-refractivity contribution in [2.24, 2.45) is 5.92 Å². The number of amides is 2. The number of hydrogen-bond acceptors (Lipinski definition) is 5. The zero-order valence-electron chi connectivity index (χ0n) is 15.1. The van der Waals surface area contributed by atoms with E-state index in [0.29, 0.717) is 0 Å². The third kappa shape index (κ3) is 6.61. The normalized spacial score (nSPS) is 10.7. The average molecular weight is 382 g/mol. The lowest BCUT2D eigenvalue weighted by molar-refractivity contribution is -0.139. The first-order valence-corrected chi connectivity index (χ1v) is 8.00. The van der Waals surface area contributed by atoms with Gasteiger partial charge < -0.3 is 15.4 Å². The van der Waals surface area contributed by atoms with Gasteiger partial charge in [0.1, 0.15) is 0 Å². The number of nitrogens with one attached hydrogen (secondary N) is 2. The zero-order chi connectivity index (χ0) is 20.6. The van der Waals surface area contributed by atoms with Crippen LogP contribution in [-0.4, -0.2) is 37.2 Å². The summed E-state index contributed by atoms with van der Waals surface area (Å²) < 4.78 is 31.3. The lowest BCUT2D eigenvalue weighted by Crippen LogP contribution is -2.39. The molecule has 146 valence electrons. The van der Waals surface area contributed by atoms with E-state index in [4.69, 9.17) is 0 Å². The Morgan fingerprint density at radius 2 is 1.67 bits per heavy atom. The van der Waals surface area contributed by atoms with Gasteiger partial charge in [-0.2, -0.15) is 0 Å². The summed E-state index contributed by atoms with van der Waals surface area (Å²) in [6, 6.07) is 1.58. The Balaban J connectivity index is 2.74. The predicted molar refractivity (Wildman–Crippen MR) is 91.5 cm³/mol. The molecule has 0 radical (unpaired) electrons. The van der Waals surface area contributed by atoms with Gasteiger partial charge in [-0.1, -0.05) is 19.9 Å². The van der Waals surface area contributed by atoms with E-state index in [9.17, 15) is 28.0 Å². The van der Waals surface area contributed by atoms with Crippen molar-refractivity contribution in [3.8, 4) is 0 Å². The first kappa shape index (κ1) is 21.9. The summed E-state index contributed by atoms with van der Waals surface area (Å²) in [7, 11) is 1.19. The van der Waals surface area contributed by atoms with Gasteiger partial charge in [-0.3, -0.25) is 14.4 Å². The minimum atomic E-state index is -1.18. The second-order valence-electron chi connectivity index (χ2n) is 5.76. The summed E-state index contributed by atoms with van der Waals surface area (Å²) in [6.07, 6.45) is 2.36. The van der Waals surface area contributed by atoms with Crippen molar-refractivity contribution in [3.63, 3.8) is 0 Å². The highest BCUT2D eigenvalue weighted by Gasteiger charge is 2.20. The maximum absolute atomic E-state index is 13.5. The summed E-state index contributed by atoms with van der Waals surface area (Å²) in [4.78, 5) is 46.4. The van der Waals surface area contributed by atoms with E-state index < -0.39 is 41.1 Å². The number of Topliss-reactive ketones (excluding diaryl/α,β-unsaturated/α-hetero) is 1. The standard InChI is InChI=1S/C18H20F2N2O5/c1-10(2)16(24)12-8-14(20)13(19)7-11(12)9-22-18(26)17(25)21-6-4-5-15(23)27-3/h4-5,7-8,10H,6,9H2,1-3H3,(H,21,25)(H,22,26)/b5-4+. The van der Waals surface area contributed by atoms with Gasteiger partial charge in [-0.05, 0) is 17.7 Å². The van der Waals surface area contributed by atoms with Crippen molar-refractivity contribution < 1.29 is 32.7 Å². The number of rotatable bonds is 7. The average Bonchev–Trinajstić information content (AvgIpc) is 2.64. The lowest BCUT2D eigenvalue weighted by Gasteiger charge is -2.12. The fourth-order valence-corrected chi connectivity index (χ4v) is 1.99. The number of carbonyl (C=O) groups is 4. The minimum absolute atomic E-state index is 0.0549. The van der Waals surface area contributed by atoms with Crippen LogP contribution in [-0.2, 0) is 25.7 Å². The third-order valence-corrected chi connectivity index (χ3v) is 3.42. The fourth-order valence-electron chi connectivity index (χ4n) is 1.99. The molecule has 9 heteroatoms. The largest absolute Gasteiger partial charge is 0.466 e. The smallest absolute Gasteiger partial charge is 0.330 e. The van der Waals surface area contributed by atoms with Gasteiger partial charge in [0.15, 0.2) is 17.4 Å². The van der Waals surface area contributed by atoms with Crippen LogP contribution in [0.25, 0.3) is 0 Å². The minimum Gasteiger partial charge on any atom is -0.466 e. The molecule has 0 spiro atoms. The van der Waals surface area contributed by atoms with Gasteiger partial charge in [-0.25, -0.2) is 13.6 Å². The molecule has 2 N–H and O–H groups in total. The molecule has 0 aliphatic rings. The Kier molecular flexibility index (Phi) is 8.25. The molecule has 0 aliphatic heterocycles. The Morgan fingerprint density at radius 3 is 2.26 bits per heavy atom. The van der Waals surface area contributed by atoms with Crippen molar-refractivity contribution >= 4 is 23.6 Å². The second-order valence-corrected chi connectivity index (χ2v) is 5.76. The van der Waals surface area contributed by atoms with Crippen LogP contribution in [0.2, 0.25) is 0 Å². The van der Waals surface area contributed by atoms with E-state index in [1.807, 2.05) is 0 Å². The molecule has 0 bridgehead atoms. The highest BCUT2D eigenvalue weighted by molar-refractivity contribution is 6.35. The lowest BCUT2D eigenvalue weighted by atomic mass is 9.96. The highest BCUT2D eigenvalue weighted by Crippen LogP contribution is 2.18. The Bertz CT molecular complexity index is 775. The predicted octanol–water partition coefficient (Wildman–Crippen LogP) is 1.27. The maximum Gasteiger partial charge on any atom is 0.330 e. The molecule has 0 aliphatic carbocycles. The molecule has 0 heterocycles. The van der Waals surface area contributed by atoms with Crippen molar-refractivity contribution in [2.45, 2.75) is 20.4 Å². The number of methoxy groups -OCH3 is 1. The topological polar surface area (TPSA) is 102 Å². The van der Waals surface area contributed by atoms with Gasteiger partial charge in [0.2, 0.25) is 0 Å². The van der Waals surface area contributed by atoms with E-state index in [-0.39, 0.29) is 24.2 Å². The van der Waals surface area contributed by atoms with Gasteiger partial charge in [0.05, 0.1) is 7.11 Å². The van der Waals surface area contributed by atoms with Crippen molar-refractivity contribution in [2.75, 3.05) is 13.7 Å². The van der Waals surface area contributed by atoms with E-state index >= 15 is 0 Å². The van der Waals surface area contributed by atoms with Crippen LogP contribution in [0.1, 0.15) is 29.8 Å². The Morgan fingerprint density at radius 1 is 1.07 bits per heavy atom. The van der Waals surface area contributed by atoms with Gasteiger partial charge in [-0.15, -0.1) is 0 Å². The van der Waals surface area contributed by atoms with Crippen molar-refractivity contribution in [1.82, 2.24) is 10.6 Å². The van der Waals surface area contributed by atoms with E-state index in [0.717, 1.165) is 18.2 Å². The Labute approximate surface area is 154 Å². The van der Waals surface area contributed by atoms with Crippen LogP contribution < -0.4 is 10.6 Å². The molecule has 1 rings (SSSR count). The number of esters is 1. The third-order valence-electron chi connectivity index (χ3n) is 3.42. The summed E-state index contributed by atoms with van der Waals surface area (Å²) >= 11 is 0. The van der Waals surface area contributed by atoms with Crippen LogP contribution in [0.5, 0.6) is 0 Å². The van der Waals surface area contributed by atoms with Crippen LogP contribution in [0.4, 0.5) is 8.78 Å². The Hall–Kier alpha value is -3.10. The van der Waals surface area contributed by atoms with Crippen molar-refractivity contribution in [1.29, 1.82) is 0 Å². The maximum atomic E-state index is 13.5. The molecule has 27 heavy (non-hydrogen) atoms. The van der Waals surface area contributed by atoms with Crippen LogP contribution >= 0.6 is 0 Å². The molecule has 0 unspecified atom stereocenters. The monoisotopic (exact) mass is 382 g/mol. The highest BCUT2D eigenvalue weighted by atomic mass is 19.2. The van der Waals surface area contributed by atoms with Gasteiger partial charge >= 0.3 is 17.8 Å². The molecule has 1 aromatic rings. The molecule has 0 saturated heterocycles. The number of carbonyl (C=O) groups excluding carboxylic acids is 4. The summed E-state index contributed by atoms with van der Waals surface area (Å²) in [5.74, 6) is -5.88. The first-order chi connectivity index (χ1) is 12.7. The SMILES string of the molecule is COC(=O)/C=C/CNC(=O)C(=O)NCc1cc(F)c(F)cc1C(=O)C(C)C. The van der Waals surface area contributed by atoms with Gasteiger partial charge in [0.25, 0.3) is 0 Å². The molecule has 0 aromatic heterocycles.